The SMILES string of the molecule is CCC(N)Cc1cccnc1N(C)Cc1ccccc1Cl. The van der Waals surface area contributed by atoms with Crippen LogP contribution >= 0.6 is 11.6 Å². The van der Waals surface area contributed by atoms with Crippen molar-refractivity contribution in [2.75, 3.05) is 11.9 Å². The number of hydrogen-bond acceptors (Lipinski definition) is 3. The van der Waals surface area contributed by atoms with Gasteiger partial charge in [-0.15, -0.1) is 0 Å². The molecule has 112 valence electrons. The summed E-state index contributed by atoms with van der Waals surface area (Å²) in [5.74, 6) is 0.973. The molecule has 0 aliphatic carbocycles. The van der Waals surface area contributed by atoms with E-state index in [4.69, 9.17) is 17.3 Å². The Labute approximate surface area is 131 Å². The van der Waals surface area contributed by atoms with E-state index in [-0.39, 0.29) is 6.04 Å². The van der Waals surface area contributed by atoms with Crippen molar-refractivity contribution >= 4 is 17.4 Å². The van der Waals surface area contributed by atoms with Gasteiger partial charge >= 0.3 is 0 Å². The predicted molar refractivity (Wildman–Crippen MR) is 89.8 cm³/mol. The maximum absolute atomic E-state index is 6.24. The van der Waals surface area contributed by atoms with Gasteiger partial charge in [0.05, 0.1) is 0 Å². The first-order chi connectivity index (χ1) is 10.1. The first-order valence-corrected chi connectivity index (χ1v) is 7.63. The second-order valence-electron chi connectivity index (χ2n) is 5.31. The van der Waals surface area contributed by atoms with E-state index >= 15 is 0 Å². The molecule has 0 saturated carbocycles. The number of nitrogens with zero attached hydrogens (tertiary/aromatic N) is 2. The number of hydrogen-bond donors (Lipinski definition) is 1. The lowest BCUT2D eigenvalue weighted by atomic mass is 10.0. The Bertz CT molecular complexity index is 586. The Balaban J connectivity index is 2.19. The molecule has 2 rings (SSSR count). The van der Waals surface area contributed by atoms with Crippen LogP contribution in [0.5, 0.6) is 0 Å². The number of benzene rings is 1. The van der Waals surface area contributed by atoms with Gasteiger partial charge in [-0.1, -0.05) is 42.8 Å². The number of aromatic nitrogens is 1. The number of rotatable bonds is 6. The molecule has 0 radical (unpaired) electrons. The van der Waals surface area contributed by atoms with Gasteiger partial charge in [0.2, 0.25) is 0 Å². The fraction of sp³-hybridized carbons (Fsp3) is 0.353. The Morgan fingerprint density at radius 1 is 1.19 bits per heavy atom. The lowest BCUT2D eigenvalue weighted by Gasteiger charge is -2.22. The van der Waals surface area contributed by atoms with Gasteiger partial charge in [0.1, 0.15) is 5.82 Å². The van der Waals surface area contributed by atoms with Crippen molar-refractivity contribution in [2.45, 2.75) is 32.4 Å². The fourth-order valence-electron chi connectivity index (χ4n) is 2.32. The molecule has 0 aliphatic rings. The van der Waals surface area contributed by atoms with Crippen LogP contribution in [0.3, 0.4) is 0 Å². The smallest absolute Gasteiger partial charge is 0.131 e. The Kier molecular flexibility index (Phi) is 5.59. The average Bonchev–Trinajstić information content (AvgIpc) is 2.50. The molecule has 0 bridgehead atoms. The number of anilines is 1. The third-order valence-corrected chi connectivity index (χ3v) is 3.97. The lowest BCUT2D eigenvalue weighted by Crippen LogP contribution is -2.25. The molecule has 1 heterocycles. The van der Waals surface area contributed by atoms with Crippen LogP contribution in [0.25, 0.3) is 0 Å². The minimum Gasteiger partial charge on any atom is -0.355 e. The Hall–Kier alpha value is -1.58. The van der Waals surface area contributed by atoms with E-state index in [2.05, 4.69) is 22.9 Å². The molecule has 1 aromatic carbocycles. The summed E-state index contributed by atoms with van der Waals surface area (Å²) in [6.07, 6.45) is 3.62. The van der Waals surface area contributed by atoms with Crippen molar-refractivity contribution in [3.05, 3.63) is 58.7 Å². The highest BCUT2D eigenvalue weighted by molar-refractivity contribution is 6.31. The molecule has 3 nitrogen and oxygen atoms in total. The monoisotopic (exact) mass is 303 g/mol. The van der Waals surface area contributed by atoms with Crippen LogP contribution in [-0.4, -0.2) is 18.1 Å². The van der Waals surface area contributed by atoms with Crippen LogP contribution in [0.4, 0.5) is 5.82 Å². The first kappa shape index (κ1) is 15.8. The van der Waals surface area contributed by atoms with Crippen molar-refractivity contribution in [1.29, 1.82) is 0 Å². The van der Waals surface area contributed by atoms with Crippen molar-refractivity contribution in [3.63, 3.8) is 0 Å². The quantitative estimate of drug-likeness (QED) is 0.885. The van der Waals surface area contributed by atoms with E-state index in [0.717, 1.165) is 35.8 Å². The molecule has 0 amide bonds. The lowest BCUT2D eigenvalue weighted by molar-refractivity contribution is 0.643. The standard InChI is InChI=1S/C17H22ClN3/c1-3-15(19)11-13-8-6-10-20-17(13)21(2)12-14-7-4-5-9-16(14)18/h4-10,15H,3,11-12,19H2,1-2H3. The van der Waals surface area contributed by atoms with Gasteiger partial charge in [-0.05, 0) is 36.1 Å². The molecule has 0 aliphatic heterocycles. The van der Waals surface area contributed by atoms with Gasteiger partial charge in [0.15, 0.2) is 0 Å². The molecule has 1 aromatic heterocycles. The van der Waals surface area contributed by atoms with Crippen molar-refractivity contribution in [2.24, 2.45) is 5.73 Å². The van der Waals surface area contributed by atoms with Crippen LogP contribution in [0.15, 0.2) is 42.6 Å². The molecule has 1 unspecified atom stereocenters. The Morgan fingerprint density at radius 2 is 1.90 bits per heavy atom. The maximum atomic E-state index is 6.24. The summed E-state index contributed by atoms with van der Waals surface area (Å²) in [5, 5.41) is 0.784. The molecule has 2 aromatic rings. The molecule has 0 spiro atoms. The molecule has 1 atom stereocenters. The largest absolute Gasteiger partial charge is 0.355 e. The second kappa shape index (κ2) is 7.43. The average molecular weight is 304 g/mol. The maximum Gasteiger partial charge on any atom is 0.131 e. The zero-order valence-electron chi connectivity index (χ0n) is 12.6. The molecule has 21 heavy (non-hydrogen) atoms. The summed E-state index contributed by atoms with van der Waals surface area (Å²) in [7, 11) is 2.03. The van der Waals surface area contributed by atoms with Crippen LogP contribution < -0.4 is 10.6 Å². The third-order valence-electron chi connectivity index (χ3n) is 3.60. The van der Waals surface area contributed by atoms with Crippen LogP contribution in [-0.2, 0) is 13.0 Å². The van der Waals surface area contributed by atoms with Gasteiger partial charge in [0.25, 0.3) is 0 Å². The first-order valence-electron chi connectivity index (χ1n) is 7.25. The van der Waals surface area contributed by atoms with E-state index in [9.17, 15) is 0 Å². The summed E-state index contributed by atoms with van der Waals surface area (Å²) in [5.41, 5.74) is 8.36. The molecule has 0 fully saturated rings. The van der Waals surface area contributed by atoms with Crippen molar-refractivity contribution in [1.82, 2.24) is 4.98 Å². The topological polar surface area (TPSA) is 42.1 Å². The second-order valence-corrected chi connectivity index (χ2v) is 5.71. The summed E-state index contributed by atoms with van der Waals surface area (Å²) < 4.78 is 0. The minimum absolute atomic E-state index is 0.168. The number of halogens is 1. The summed E-state index contributed by atoms with van der Waals surface area (Å²) in [4.78, 5) is 6.64. The molecular weight excluding hydrogens is 282 g/mol. The third kappa shape index (κ3) is 4.19. The van der Waals surface area contributed by atoms with E-state index in [0.29, 0.717) is 0 Å². The van der Waals surface area contributed by atoms with E-state index in [1.807, 2.05) is 43.6 Å². The van der Waals surface area contributed by atoms with Gasteiger partial charge in [-0.25, -0.2) is 4.98 Å². The molecule has 0 saturated heterocycles. The highest BCUT2D eigenvalue weighted by Crippen LogP contribution is 2.22. The summed E-state index contributed by atoms with van der Waals surface area (Å²) >= 11 is 6.24. The zero-order valence-corrected chi connectivity index (χ0v) is 13.3. The molecule has 2 N–H and O–H groups in total. The Morgan fingerprint density at radius 3 is 2.62 bits per heavy atom. The van der Waals surface area contributed by atoms with Crippen LogP contribution in [0.2, 0.25) is 5.02 Å². The highest BCUT2D eigenvalue weighted by atomic mass is 35.5. The van der Waals surface area contributed by atoms with Gasteiger partial charge in [-0.3, -0.25) is 0 Å². The molecule has 4 heteroatoms. The van der Waals surface area contributed by atoms with E-state index in [1.165, 1.54) is 5.56 Å². The molecular formula is C17H22ClN3. The normalized spacial score (nSPS) is 12.2. The summed E-state index contributed by atoms with van der Waals surface area (Å²) in [6.45, 7) is 2.83. The van der Waals surface area contributed by atoms with E-state index in [1.54, 1.807) is 0 Å². The van der Waals surface area contributed by atoms with Crippen molar-refractivity contribution in [3.8, 4) is 0 Å². The minimum atomic E-state index is 0.168. The van der Waals surface area contributed by atoms with E-state index < -0.39 is 0 Å². The zero-order chi connectivity index (χ0) is 15.2. The fourth-order valence-corrected chi connectivity index (χ4v) is 2.51. The van der Waals surface area contributed by atoms with Gasteiger partial charge in [0, 0.05) is 30.9 Å². The van der Waals surface area contributed by atoms with Gasteiger partial charge in [-0.2, -0.15) is 0 Å². The highest BCUT2D eigenvalue weighted by Gasteiger charge is 2.12. The summed E-state index contributed by atoms with van der Waals surface area (Å²) in [6, 6.07) is 12.1. The number of nitrogens with two attached hydrogens (primary N) is 1. The van der Waals surface area contributed by atoms with Crippen LogP contribution in [0, 0.1) is 0 Å². The predicted octanol–water partition coefficient (Wildman–Crippen LogP) is 3.65. The van der Waals surface area contributed by atoms with Gasteiger partial charge < -0.3 is 10.6 Å². The van der Waals surface area contributed by atoms with Crippen molar-refractivity contribution < 1.29 is 0 Å². The number of pyridine rings is 1. The van der Waals surface area contributed by atoms with Crippen LogP contribution in [0.1, 0.15) is 24.5 Å².